The number of pyridine rings is 1. The number of benzene rings is 1. The molecule has 0 aliphatic heterocycles. The lowest BCUT2D eigenvalue weighted by molar-refractivity contribution is 0.273. The van der Waals surface area contributed by atoms with Crippen molar-refractivity contribution in [1.82, 2.24) is 19.7 Å². The molecule has 1 fully saturated rings. The SMILES string of the molecule is CC(CO)c1ccnc(-c2cccc3cc(C(NS(=O)(=O)C4CC4)c4nc(N)ncc4Cl)sc23)c1. The number of rotatable bonds is 8. The van der Waals surface area contributed by atoms with Crippen LogP contribution in [0.2, 0.25) is 5.02 Å². The van der Waals surface area contributed by atoms with Gasteiger partial charge in [-0.05, 0) is 42.0 Å². The lowest BCUT2D eigenvalue weighted by Gasteiger charge is -2.18. The number of nitrogens with zero attached hydrogens (tertiary/aromatic N) is 3. The van der Waals surface area contributed by atoms with Crippen molar-refractivity contribution < 1.29 is 13.5 Å². The molecule has 0 amide bonds. The van der Waals surface area contributed by atoms with Crippen LogP contribution in [-0.4, -0.2) is 40.3 Å². The second-order valence-corrected chi connectivity index (χ2v) is 12.2. The van der Waals surface area contributed by atoms with E-state index in [-0.39, 0.29) is 23.5 Å². The normalized spacial score (nSPS) is 15.9. The van der Waals surface area contributed by atoms with Crippen molar-refractivity contribution in [3.8, 4) is 11.3 Å². The first-order chi connectivity index (χ1) is 16.8. The van der Waals surface area contributed by atoms with Crippen LogP contribution in [0.15, 0.2) is 48.8 Å². The largest absolute Gasteiger partial charge is 0.396 e. The number of nitrogens with one attached hydrogen (secondary N) is 1. The van der Waals surface area contributed by atoms with Crippen LogP contribution in [-0.2, 0) is 10.0 Å². The minimum absolute atomic E-state index is 0.0126. The van der Waals surface area contributed by atoms with Gasteiger partial charge in [-0.3, -0.25) is 4.98 Å². The zero-order valence-corrected chi connectivity index (χ0v) is 21.2. The molecule has 0 spiro atoms. The Kier molecular flexibility index (Phi) is 6.49. The van der Waals surface area contributed by atoms with Gasteiger partial charge in [-0.1, -0.05) is 36.7 Å². The number of halogens is 1. The molecule has 1 aromatic carbocycles. The van der Waals surface area contributed by atoms with E-state index in [4.69, 9.17) is 17.3 Å². The molecule has 11 heteroatoms. The maximum atomic E-state index is 12.9. The second-order valence-electron chi connectivity index (χ2n) is 8.69. The standard InChI is InChI=1S/C24H24ClN5O3S2/c1-13(12-31)14-7-8-27-19(9-14)17-4-2-3-15-10-20(34-23(15)17)22(30-35(32,33)16-5-6-16)21-18(25)11-28-24(26)29-21/h2-4,7-11,13,16,22,30-31H,5-6,12H2,1H3,(H2,26,28,29). The highest BCUT2D eigenvalue weighted by molar-refractivity contribution is 7.90. The third-order valence-electron chi connectivity index (χ3n) is 6.06. The summed E-state index contributed by atoms with van der Waals surface area (Å²) in [4.78, 5) is 13.5. The van der Waals surface area contributed by atoms with Crippen molar-refractivity contribution in [2.45, 2.75) is 37.0 Å². The van der Waals surface area contributed by atoms with Gasteiger partial charge in [-0.2, -0.15) is 0 Å². The molecule has 182 valence electrons. The third-order valence-corrected chi connectivity index (χ3v) is 9.51. The van der Waals surface area contributed by atoms with Crippen molar-refractivity contribution in [2.75, 3.05) is 12.3 Å². The van der Waals surface area contributed by atoms with Gasteiger partial charge in [0.05, 0.1) is 33.9 Å². The first-order valence-corrected chi connectivity index (χ1v) is 13.9. The van der Waals surface area contributed by atoms with Crippen molar-refractivity contribution in [1.29, 1.82) is 0 Å². The van der Waals surface area contributed by atoms with Gasteiger partial charge in [-0.25, -0.2) is 23.1 Å². The molecular formula is C24H24ClN5O3S2. The summed E-state index contributed by atoms with van der Waals surface area (Å²) >= 11 is 7.86. The minimum atomic E-state index is -3.57. The Balaban J connectivity index is 1.63. The Morgan fingerprint density at radius 1 is 1.26 bits per heavy atom. The van der Waals surface area contributed by atoms with Crippen LogP contribution in [0.3, 0.4) is 0 Å². The first-order valence-electron chi connectivity index (χ1n) is 11.2. The molecule has 2 unspecified atom stereocenters. The number of aromatic nitrogens is 3. The van der Waals surface area contributed by atoms with Crippen LogP contribution in [0.4, 0.5) is 5.95 Å². The number of anilines is 1. The highest BCUT2D eigenvalue weighted by atomic mass is 35.5. The summed E-state index contributed by atoms with van der Waals surface area (Å²) in [5.41, 5.74) is 8.83. The van der Waals surface area contributed by atoms with Crippen LogP contribution in [0, 0.1) is 0 Å². The molecular weight excluding hydrogens is 506 g/mol. The van der Waals surface area contributed by atoms with Crippen molar-refractivity contribution in [2.24, 2.45) is 0 Å². The Labute approximate surface area is 212 Å². The summed E-state index contributed by atoms with van der Waals surface area (Å²) in [5.74, 6) is 0.00210. The number of fused-ring (bicyclic) bond motifs is 1. The van der Waals surface area contributed by atoms with Gasteiger partial charge in [0.25, 0.3) is 0 Å². The summed E-state index contributed by atoms with van der Waals surface area (Å²) in [6.07, 6.45) is 4.38. The van der Waals surface area contributed by atoms with Crippen LogP contribution >= 0.6 is 22.9 Å². The molecule has 0 bridgehead atoms. The molecule has 4 N–H and O–H groups in total. The van der Waals surface area contributed by atoms with Crippen molar-refractivity contribution in [3.63, 3.8) is 0 Å². The fourth-order valence-corrected chi connectivity index (χ4v) is 6.95. The summed E-state index contributed by atoms with van der Waals surface area (Å²) in [6.45, 7) is 2.00. The molecule has 3 heterocycles. The highest BCUT2D eigenvalue weighted by Gasteiger charge is 2.38. The van der Waals surface area contributed by atoms with E-state index in [1.165, 1.54) is 17.5 Å². The first kappa shape index (κ1) is 24.1. The summed E-state index contributed by atoms with van der Waals surface area (Å²) in [7, 11) is -3.57. The number of aliphatic hydroxyl groups excluding tert-OH is 1. The topological polar surface area (TPSA) is 131 Å². The maximum Gasteiger partial charge on any atom is 0.220 e. The third kappa shape index (κ3) is 4.89. The van der Waals surface area contributed by atoms with Crippen LogP contribution in [0.5, 0.6) is 0 Å². The number of nitrogens with two attached hydrogens (primary N) is 1. The van der Waals surface area contributed by atoms with E-state index < -0.39 is 21.3 Å². The number of hydrogen-bond acceptors (Lipinski definition) is 8. The average Bonchev–Trinajstić information content (AvgIpc) is 3.63. The molecule has 4 aromatic rings. The zero-order valence-electron chi connectivity index (χ0n) is 18.8. The quantitative estimate of drug-likeness (QED) is 0.311. The number of nitrogen functional groups attached to an aromatic ring is 1. The van der Waals surface area contributed by atoms with E-state index in [0.29, 0.717) is 18.5 Å². The summed E-state index contributed by atoms with van der Waals surface area (Å²) < 4.78 is 29.6. The van der Waals surface area contributed by atoms with Crippen LogP contribution < -0.4 is 10.5 Å². The van der Waals surface area contributed by atoms with Crippen molar-refractivity contribution >= 4 is 49.0 Å². The Bertz CT molecular complexity index is 1500. The average molecular weight is 530 g/mol. The van der Waals surface area contributed by atoms with E-state index >= 15 is 0 Å². The fraction of sp³-hybridized carbons (Fsp3) is 0.292. The van der Waals surface area contributed by atoms with Gasteiger partial charge < -0.3 is 10.8 Å². The molecule has 35 heavy (non-hydrogen) atoms. The second kappa shape index (κ2) is 9.44. The Morgan fingerprint density at radius 2 is 2.06 bits per heavy atom. The molecule has 5 rings (SSSR count). The molecule has 1 saturated carbocycles. The lowest BCUT2D eigenvalue weighted by Crippen LogP contribution is -2.32. The lowest BCUT2D eigenvalue weighted by atomic mass is 10.0. The molecule has 0 radical (unpaired) electrons. The highest BCUT2D eigenvalue weighted by Crippen LogP contribution is 2.41. The molecule has 3 aromatic heterocycles. The zero-order chi connectivity index (χ0) is 24.7. The van der Waals surface area contributed by atoms with Crippen LogP contribution in [0.25, 0.3) is 21.3 Å². The van der Waals surface area contributed by atoms with Gasteiger partial charge in [0.15, 0.2) is 0 Å². The van der Waals surface area contributed by atoms with E-state index in [1.54, 1.807) is 6.20 Å². The monoisotopic (exact) mass is 529 g/mol. The van der Waals surface area contributed by atoms with Gasteiger partial charge in [0.2, 0.25) is 16.0 Å². The molecule has 8 nitrogen and oxygen atoms in total. The number of thiophene rings is 1. The Hall–Kier alpha value is -2.63. The van der Waals surface area contributed by atoms with E-state index in [9.17, 15) is 13.5 Å². The van der Waals surface area contributed by atoms with Crippen molar-refractivity contribution in [3.05, 3.63) is 69.9 Å². The summed E-state index contributed by atoms with van der Waals surface area (Å²) in [6, 6.07) is 10.9. The molecule has 1 aliphatic carbocycles. The Morgan fingerprint density at radius 3 is 2.80 bits per heavy atom. The number of hydrogen-bond donors (Lipinski definition) is 3. The predicted molar refractivity (Wildman–Crippen MR) is 139 cm³/mol. The van der Waals surface area contributed by atoms with E-state index in [0.717, 1.165) is 31.8 Å². The number of aliphatic hydroxyl groups is 1. The number of sulfonamides is 1. The summed E-state index contributed by atoms with van der Waals surface area (Å²) in [5, 5.41) is 10.3. The van der Waals surface area contributed by atoms with E-state index in [2.05, 4.69) is 19.7 Å². The fourth-order valence-electron chi connectivity index (χ4n) is 3.92. The van der Waals surface area contributed by atoms with E-state index in [1.807, 2.05) is 43.3 Å². The van der Waals surface area contributed by atoms with Gasteiger partial charge in [0, 0.05) is 33.9 Å². The smallest absolute Gasteiger partial charge is 0.220 e. The molecule has 2 atom stereocenters. The molecule has 0 saturated heterocycles. The minimum Gasteiger partial charge on any atom is -0.396 e. The maximum absolute atomic E-state index is 12.9. The van der Waals surface area contributed by atoms with Gasteiger partial charge >= 0.3 is 0 Å². The van der Waals surface area contributed by atoms with Crippen LogP contribution in [0.1, 0.15) is 47.9 Å². The van der Waals surface area contributed by atoms with Gasteiger partial charge in [-0.15, -0.1) is 11.3 Å². The molecule has 1 aliphatic rings. The predicted octanol–water partition coefficient (Wildman–Crippen LogP) is 4.26. The van der Waals surface area contributed by atoms with Gasteiger partial charge in [0.1, 0.15) is 0 Å².